The van der Waals surface area contributed by atoms with Crippen molar-refractivity contribution in [3.05, 3.63) is 23.5 Å². The predicted octanol–water partition coefficient (Wildman–Crippen LogP) is 2.71. The fraction of sp³-hybridized carbons (Fsp3) is 0.632. The lowest BCUT2D eigenvalue weighted by Gasteiger charge is -2.05. The average molecular weight is 356 g/mol. The van der Waals surface area contributed by atoms with Gasteiger partial charge in [-0.3, -0.25) is 14.4 Å². The number of Topliss-reactive ketones (excluding diaryl/α,β-unsaturated/α-hetero) is 2. The number of hydrogen-bond acceptors (Lipinski definition) is 5. The van der Waals surface area contributed by atoms with Crippen LogP contribution >= 0.6 is 0 Å². The summed E-state index contributed by atoms with van der Waals surface area (Å²) in [7, 11) is 3.35. The third-order valence-electron chi connectivity index (χ3n) is 2.84. The Kier molecular flexibility index (Phi) is 22.1. The van der Waals surface area contributed by atoms with Crippen molar-refractivity contribution in [3.63, 3.8) is 0 Å². The Balaban J connectivity index is -0.00000112. The summed E-state index contributed by atoms with van der Waals surface area (Å²) in [6, 6.07) is 0. The van der Waals surface area contributed by atoms with Crippen LogP contribution in [-0.2, 0) is 14.4 Å². The average Bonchev–Trinajstić information content (AvgIpc) is 2.61. The van der Waals surface area contributed by atoms with Crippen molar-refractivity contribution >= 4 is 17.5 Å². The zero-order valence-corrected chi connectivity index (χ0v) is 17.2. The Bertz CT molecular complexity index is 441. The van der Waals surface area contributed by atoms with Crippen LogP contribution in [0.25, 0.3) is 0 Å². The number of rotatable bonds is 10. The van der Waals surface area contributed by atoms with E-state index >= 15 is 0 Å². The van der Waals surface area contributed by atoms with Crippen molar-refractivity contribution in [1.82, 2.24) is 16.0 Å². The Morgan fingerprint density at radius 1 is 0.800 bits per heavy atom. The van der Waals surface area contributed by atoms with E-state index in [0.717, 1.165) is 6.42 Å². The van der Waals surface area contributed by atoms with Crippen LogP contribution in [0.1, 0.15) is 60.8 Å². The molecule has 0 radical (unpaired) electrons. The zero-order valence-electron chi connectivity index (χ0n) is 17.2. The molecule has 3 N–H and O–H groups in total. The minimum atomic E-state index is -0.131. The smallest absolute Gasteiger partial charge is 0.223 e. The molecule has 0 aromatic heterocycles. The molecule has 1 amide bonds. The highest BCUT2D eigenvalue weighted by Gasteiger charge is 2.03. The predicted molar refractivity (Wildman–Crippen MR) is 105 cm³/mol. The maximum absolute atomic E-state index is 11.6. The second-order valence-corrected chi connectivity index (χ2v) is 4.54. The molecule has 0 fully saturated rings. The third-order valence-corrected chi connectivity index (χ3v) is 2.84. The lowest BCUT2D eigenvalue weighted by atomic mass is 10.2. The first kappa shape index (κ1) is 27.7. The highest BCUT2D eigenvalue weighted by Crippen LogP contribution is 1.97. The number of likely N-dealkylation sites (N-methyl/N-ethyl adjacent to an activating group) is 2. The zero-order chi connectivity index (χ0) is 20.3. The lowest BCUT2D eigenvalue weighted by molar-refractivity contribution is -0.120. The van der Waals surface area contributed by atoms with E-state index in [1.165, 1.54) is 13.8 Å². The Morgan fingerprint density at radius 3 is 1.64 bits per heavy atom. The molecule has 0 aliphatic heterocycles. The van der Waals surface area contributed by atoms with E-state index < -0.39 is 0 Å². The first-order chi connectivity index (χ1) is 11.9. The van der Waals surface area contributed by atoms with Gasteiger partial charge in [-0.2, -0.15) is 0 Å². The number of unbranched alkanes of at least 4 members (excludes halogenated alkanes) is 1. The molecule has 0 atom stereocenters. The van der Waals surface area contributed by atoms with Gasteiger partial charge in [0.1, 0.15) is 0 Å². The van der Waals surface area contributed by atoms with Crippen LogP contribution in [0.3, 0.4) is 0 Å². The molecular weight excluding hydrogens is 318 g/mol. The van der Waals surface area contributed by atoms with E-state index in [1.807, 2.05) is 33.8 Å². The molecule has 0 aromatic rings. The van der Waals surface area contributed by atoms with Gasteiger partial charge in [0.05, 0.1) is 11.4 Å². The number of nitrogens with one attached hydrogen (secondary N) is 3. The van der Waals surface area contributed by atoms with Gasteiger partial charge in [-0.25, -0.2) is 0 Å². The Hall–Kier alpha value is -2.11. The van der Waals surface area contributed by atoms with Crippen molar-refractivity contribution in [1.29, 1.82) is 0 Å². The minimum absolute atomic E-state index is 0.00417. The number of allylic oxidation sites excluding steroid dienone is 3. The van der Waals surface area contributed by atoms with Crippen molar-refractivity contribution in [2.45, 2.75) is 60.8 Å². The topological polar surface area (TPSA) is 87.3 Å². The van der Waals surface area contributed by atoms with Gasteiger partial charge in [0.2, 0.25) is 5.91 Å². The van der Waals surface area contributed by atoms with Gasteiger partial charge < -0.3 is 16.0 Å². The highest BCUT2D eigenvalue weighted by molar-refractivity contribution is 5.93. The summed E-state index contributed by atoms with van der Waals surface area (Å²) >= 11 is 0. The van der Waals surface area contributed by atoms with Gasteiger partial charge in [0, 0.05) is 40.9 Å². The quantitative estimate of drug-likeness (QED) is 0.414. The molecule has 0 spiro atoms. The first-order valence-corrected chi connectivity index (χ1v) is 8.96. The third kappa shape index (κ3) is 16.5. The fourth-order valence-electron chi connectivity index (χ4n) is 1.69. The summed E-state index contributed by atoms with van der Waals surface area (Å²) in [4.78, 5) is 33.8. The lowest BCUT2D eigenvalue weighted by Crippen LogP contribution is -2.24. The molecule has 0 saturated heterocycles. The van der Waals surface area contributed by atoms with Gasteiger partial charge in [-0.05, 0) is 18.9 Å². The van der Waals surface area contributed by atoms with Gasteiger partial charge in [-0.15, -0.1) is 0 Å². The molecule has 6 nitrogen and oxygen atoms in total. The fourth-order valence-corrected chi connectivity index (χ4v) is 1.69. The van der Waals surface area contributed by atoms with Crippen LogP contribution in [0.2, 0.25) is 0 Å². The number of hydrogen-bond donors (Lipinski definition) is 3. The van der Waals surface area contributed by atoms with Gasteiger partial charge in [0.25, 0.3) is 0 Å². The second-order valence-electron chi connectivity index (χ2n) is 4.54. The summed E-state index contributed by atoms with van der Waals surface area (Å²) in [6.07, 6.45) is 5.02. The van der Waals surface area contributed by atoms with Crippen molar-refractivity contribution < 1.29 is 14.4 Å². The summed E-state index contributed by atoms with van der Waals surface area (Å²) < 4.78 is 0. The maximum atomic E-state index is 11.6. The molecule has 0 saturated carbocycles. The summed E-state index contributed by atoms with van der Waals surface area (Å²) in [6.45, 7) is 11.5. The van der Waals surface area contributed by atoms with Crippen LogP contribution < -0.4 is 16.0 Å². The summed E-state index contributed by atoms with van der Waals surface area (Å²) in [5, 5.41) is 8.34. The Labute approximate surface area is 153 Å². The van der Waals surface area contributed by atoms with Gasteiger partial charge in [-0.1, -0.05) is 33.8 Å². The van der Waals surface area contributed by atoms with E-state index in [4.69, 9.17) is 0 Å². The number of amides is 1. The molecule has 0 heterocycles. The minimum Gasteiger partial charge on any atom is -0.386 e. The van der Waals surface area contributed by atoms with Crippen LogP contribution in [-0.4, -0.2) is 38.1 Å². The monoisotopic (exact) mass is 355 g/mol. The Morgan fingerprint density at radius 2 is 1.24 bits per heavy atom. The molecule has 25 heavy (non-hydrogen) atoms. The van der Waals surface area contributed by atoms with E-state index in [0.29, 0.717) is 24.4 Å². The van der Waals surface area contributed by atoms with Crippen LogP contribution in [0.15, 0.2) is 23.5 Å². The molecule has 0 aromatic carbocycles. The standard InChI is InChI=1S/C15H25N3O3.2C2H6/c1-11(19)13(16-3)7-5-6-10-18-15(21)9-8-14(17-4)12(2)20;2*1-2/h7-8,16-17H,5-6,9-10H2,1-4H3,(H,18,21);2*1-2H3/b13-7-,14-8+;;. The number of ketones is 2. The van der Waals surface area contributed by atoms with E-state index in [2.05, 4.69) is 16.0 Å². The normalized spacial score (nSPS) is 10.4. The van der Waals surface area contributed by atoms with Crippen molar-refractivity contribution in [2.24, 2.45) is 0 Å². The molecule has 146 valence electrons. The number of carbonyl (C=O) groups is 3. The van der Waals surface area contributed by atoms with E-state index in [-0.39, 0.29) is 23.9 Å². The van der Waals surface area contributed by atoms with E-state index in [9.17, 15) is 14.4 Å². The second kappa shape index (κ2) is 19.9. The number of carbonyl (C=O) groups excluding carboxylic acids is 3. The maximum Gasteiger partial charge on any atom is 0.223 e. The molecule has 0 aliphatic carbocycles. The first-order valence-electron chi connectivity index (χ1n) is 8.96. The van der Waals surface area contributed by atoms with Gasteiger partial charge in [0.15, 0.2) is 11.6 Å². The van der Waals surface area contributed by atoms with Gasteiger partial charge >= 0.3 is 0 Å². The molecule has 0 bridgehead atoms. The van der Waals surface area contributed by atoms with Crippen LogP contribution in [0.4, 0.5) is 0 Å². The SMILES string of the molecule is CC.CC.CN/C(=C\CCCNC(=O)C/C=C(/NC)C(C)=O)C(C)=O. The molecular formula is C19H37N3O3. The molecule has 0 unspecified atom stereocenters. The van der Waals surface area contributed by atoms with E-state index in [1.54, 1.807) is 20.2 Å². The molecule has 0 rings (SSSR count). The summed E-state index contributed by atoms with van der Waals surface area (Å²) in [5.41, 5.74) is 1.03. The highest BCUT2D eigenvalue weighted by atomic mass is 16.1. The van der Waals surface area contributed by atoms with Crippen molar-refractivity contribution in [3.8, 4) is 0 Å². The van der Waals surface area contributed by atoms with Crippen LogP contribution in [0, 0.1) is 0 Å². The summed E-state index contributed by atoms with van der Waals surface area (Å²) in [5.74, 6) is -0.233. The van der Waals surface area contributed by atoms with Crippen LogP contribution in [0.5, 0.6) is 0 Å². The molecule has 0 aliphatic rings. The largest absolute Gasteiger partial charge is 0.386 e. The molecule has 6 heteroatoms. The van der Waals surface area contributed by atoms with Crippen molar-refractivity contribution in [2.75, 3.05) is 20.6 Å².